The smallest absolute Gasteiger partial charge is 0.266 e. The first-order chi connectivity index (χ1) is 8.95. The van der Waals surface area contributed by atoms with E-state index in [9.17, 15) is 9.59 Å². The molecule has 1 aromatic rings. The average Bonchev–Trinajstić information content (AvgIpc) is 2.29. The molecule has 6 heteroatoms. The van der Waals surface area contributed by atoms with Crippen molar-refractivity contribution >= 4 is 29.1 Å². The maximum Gasteiger partial charge on any atom is 0.266 e. The molecule has 1 aromatic carbocycles. The van der Waals surface area contributed by atoms with Crippen molar-refractivity contribution in [2.75, 3.05) is 5.32 Å². The number of halogens is 1. The van der Waals surface area contributed by atoms with E-state index in [4.69, 9.17) is 16.3 Å². The van der Waals surface area contributed by atoms with Gasteiger partial charge in [0, 0.05) is 11.1 Å². The lowest BCUT2D eigenvalue weighted by Gasteiger charge is -2.25. The van der Waals surface area contributed by atoms with Crippen LogP contribution in [0.4, 0.5) is 5.69 Å². The van der Waals surface area contributed by atoms with E-state index in [1.54, 1.807) is 18.2 Å². The van der Waals surface area contributed by atoms with Crippen molar-refractivity contribution in [2.24, 2.45) is 0 Å². The summed E-state index contributed by atoms with van der Waals surface area (Å²) in [5, 5.41) is 5.92. The van der Waals surface area contributed by atoms with Gasteiger partial charge >= 0.3 is 0 Å². The largest absolute Gasteiger partial charge is 0.478 e. The predicted molar refractivity (Wildman–Crippen MR) is 72.4 cm³/mol. The Labute approximate surface area is 116 Å². The fraction of sp³-hybridized carbons (Fsp3) is 0.385. The highest BCUT2D eigenvalue weighted by molar-refractivity contribution is 6.31. The van der Waals surface area contributed by atoms with Crippen LogP contribution in [-0.2, 0) is 9.59 Å². The molecular formula is C13H15ClN2O3. The highest BCUT2D eigenvalue weighted by Gasteiger charge is 2.29. The zero-order chi connectivity index (χ0) is 14.0. The van der Waals surface area contributed by atoms with Crippen molar-refractivity contribution in [2.45, 2.75) is 32.4 Å². The molecule has 102 valence electrons. The Morgan fingerprint density at radius 1 is 1.53 bits per heavy atom. The monoisotopic (exact) mass is 282 g/mol. The van der Waals surface area contributed by atoms with Gasteiger partial charge in [0.15, 0.2) is 6.10 Å². The van der Waals surface area contributed by atoms with Crippen LogP contribution in [0.3, 0.4) is 0 Å². The highest BCUT2D eigenvalue weighted by Crippen LogP contribution is 2.32. The Kier molecular flexibility index (Phi) is 3.95. The lowest BCUT2D eigenvalue weighted by molar-refractivity contribution is -0.130. The van der Waals surface area contributed by atoms with Gasteiger partial charge in [0.05, 0.1) is 12.1 Å². The Balaban J connectivity index is 2.07. The zero-order valence-corrected chi connectivity index (χ0v) is 11.5. The maximum absolute atomic E-state index is 11.8. The predicted octanol–water partition coefficient (Wildman–Crippen LogP) is 1.95. The standard InChI is InChI=1S/C13H15ClN2O3/c1-7(2)15-12(17)6-11-13(18)16-9-5-8(14)3-4-10(9)19-11/h3-5,7,11H,6H2,1-2H3,(H,15,17)(H,16,18)/t11-/m0/s1. The van der Waals surface area contributed by atoms with Crippen LogP contribution in [0.2, 0.25) is 5.02 Å². The van der Waals surface area contributed by atoms with E-state index in [1.807, 2.05) is 13.8 Å². The molecule has 0 aliphatic carbocycles. The van der Waals surface area contributed by atoms with Gasteiger partial charge in [0.2, 0.25) is 5.91 Å². The molecule has 0 unspecified atom stereocenters. The number of hydrogen-bond acceptors (Lipinski definition) is 3. The van der Waals surface area contributed by atoms with Gasteiger partial charge in [-0.1, -0.05) is 11.6 Å². The van der Waals surface area contributed by atoms with Crippen LogP contribution >= 0.6 is 11.6 Å². The number of benzene rings is 1. The van der Waals surface area contributed by atoms with Crippen LogP contribution in [0.1, 0.15) is 20.3 Å². The summed E-state index contributed by atoms with van der Waals surface area (Å²) in [6.07, 6.45) is -0.820. The van der Waals surface area contributed by atoms with Gasteiger partial charge in [-0.15, -0.1) is 0 Å². The molecule has 1 aliphatic rings. The minimum atomic E-state index is -0.813. The van der Waals surface area contributed by atoms with Crippen LogP contribution in [0.5, 0.6) is 5.75 Å². The Morgan fingerprint density at radius 2 is 2.26 bits per heavy atom. The Morgan fingerprint density at radius 3 is 2.95 bits per heavy atom. The molecule has 2 amide bonds. The minimum absolute atomic E-state index is 0.00786. The lowest BCUT2D eigenvalue weighted by Crippen LogP contribution is -2.42. The van der Waals surface area contributed by atoms with Gasteiger partial charge in [-0.25, -0.2) is 0 Å². The molecular weight excluding hydrogens is 268 g/mol. The van der Waals surface area contributed by atoms with Crippen molar-refractivity contribution in [1.82, 2.24) is 5.32 Å². The number of nitrogens with one attached hydrogen (secondary N) is 2. The summed E-state index contributed by atoms with van der Waals surface area (Å²) >= 11 is 5.83. The summed E-state index contributed by atoms with van der Waals surface area (Å²) < 4.78 is 5.52. The van der Waals surface area contributed by atoms with E-state index in [2.05, 4.69) is 10.6 Å². The summed E-state index contributed by atoms with van der Waals surface area (Å²) in [7, 11) is 0. The normalized spacial score (nSPS) is 17.5. The molecule has 1 heterocycles. The second-order valence-electron chi connectivity index (χ2n) is 4.66. The molecule has 2 N–H and O–H groups in total. The third-order valence-corrected chi connectivity index (χ3v) is 2.82. The molecule has 19 heavy (non-hydrogen) atoms. The summed E-state index contributed by atoms with van der Waals surface area (Å²) in [5.41, 5.74) is 0.526. The molecule has 1 atom stereocenters. The molecule has 0 radical (unpaired) electrons. The second-order valence-corrected chi connectivity index (χ2v) is 5.10. The lowest BCUT2D eigenvalue weighted by atomic mass is 10.1. The molecule has 2 rings (SSSR count). The fourth-order valence-corrected chi connectivity index (χ4v) is 1.98. The summed E-state index contributed by atoms with van der Waals surface area (Å²) in [6, 6.07) is 4.98. The van der Waals surface area contributed by atoms with E-state index in [0.29, 0.717) is 16.5 Å². The van der Waals surface area contributed by atoms with Gasteiger partial charge in [0.1, 0.15) is 5.75 Å². The number of carbonyl (C=O) groups is 2. The molecule has 0 bridgehead atoms. The SMILES string of the molecule is CC(C)NC(=O)C[C@@H]1Oc2ccc(Cl)cc2NC1=O. The Bertz CT molecular complexity index is 517. The highest BCUT2D eigenvalue weighted by atomic mass is 35.5. The maximum atomic E-state index is 11.8. The van der Waals surface area contributed by atoms with Crippen LogP contribution in [0, 0.1) is 0 Å². The quantitative estimate of drug-likeness (QED) is 0.890. The topological polar surface area (TPSA) is 67.4 Å². The second kappa shape index (κ2) is 5.48. The van der Waals surface area contributed by atoms with Crippen LogP contribution in [-0.4, -0.2) is 24.0 Å². The molecule has 0 saturated heterocycles. The van der Waals surface area contributed by atoms with Gasteiger partial charge < -0.3 is 15.4 Å². The van der Waals surface area contributed by atoms with Crippen LogP contribution in [0.15, 0.2) is 18.2 Å². The molecule has 0 fully saturated rings. The van der Waals surface area contributed by atoms with E-state index in [1.165, 1.54) is 0 Å². The van der Waals surface area contributed by atoms with E-state index < -0.39 is 6.10 Å². The average molecular weight is 283 g/mol. The molecule has 0 saturated carbocycles. The van der Waals surface area contributed by atoms with Crippen LogP contribution in [0.25, 0.3) is 0 Å². The Hall–Kier alpha value is -1.75. The van der Waals surface area contributed by atoms with E-state index in [0.717, 1.165) is 0 Å². The van der Waals surface area contributed by atoms with Crippen LogP contribution < -0.4 is 15.4 Å². The summed E-state index contributed by atoms with van der Waals surface area (Å²) in [6.45, 7) is 3.72. The van der Waals surface area contributed by atoms with Crippen molar-refractivity contribution in [3.8, 4) is 5.75 Å². The summed E-state index contributed by atoms with van der Waals surface area (Å²) in [5.74, 6) is -0.0346. The van der Waals surface area contributed by atoms with Gasteiger partial charge in [-0.2, -0.15) is 0 Å². The third kappa shape index (κ3) is 3.38. The number of amides is 2. The van der Waals surface area contributed by atoms with E-state index in [-0.39, 0.29) is 24.3 Å². The number of hydrogen-bond donors (Lipinski definition) is 2. The number of rotatable bonds is 3. The minimum Gasteiger partial charge on any atom is -0.478 e. The molecule has 0 spiro atoms. The van der Waals surface area contributed by atoms with Gasteiger partial charge in [-0.05, 0) is 32.0 Å². The number of anilines is 1. The summed E-state index contributed by atoms with van der Waals surface area (Å²) in [4.78, 5) is 23.5. The molecule has 0 aromatic heterocycles. The van der Waals surface area contributed by atoms with Gasteiger partial charge in [-0.3, -0.25) is 9.59 Å². The van der Waals surface area contributed by atoms with Gasteiger partial charge in [0.25, 0.3) is 5.91 Å². The van der Waals surface area contributed by atoms with Crippen molar-refractivity contribution in [3.05, 3.63) is 23.2 Å². The zero-order valence-electron chi connectivity index (χ0n) is 10.7. The van der Waals surface area contributed by atoms with Crippen molar-refractivity contribution < 1.29 is 14.3 Å². The first kappa shape index (κ1) is 13.7. The third-order valence-electron chi connectivity index (χ3n) is 2.58. The molecule has 1 aliphatic heterocycles. The molecule has 5 nitrogen and oxygen atoms in total. The first-order valence-electron chi connectivity index (χ1n) is 6.02. The fourth-order valence-electron chi connectivity index (χ4n) is 1.81. The number of fused-ring (bicyclic) bond motifs is 1. The van der Waals surface area contributed by atoms with E-state index >= 15 is 0 Å². The van der Waals surface area contributed by atoms with Crippen molar-refractivity contribution in [3.63, 3.8) is 0 Å². The van der Waals surface area contributed by atoms with Crippen molar-refractivity contribution in [1.29, 1.82) is 0 Å². The number of carbonyl (C=O) groups excluding carboxylic acids is 2. The number of ether oxygens (including phenoxy) is 1. The first-order valence-corrected chi connectivity index (χ1v) is 6.40.